The predicted octanol–water partition coefficient (Wildman–Crippen LogP) is 1.49. The zero-order chi connectivity index (χ0) is 14.5. The van der Waals surface area contributed by atoms with Gasteiger partial charge in [-0.1, -0.05) is 24.6 Å². The molecule has 3 atom stereocenters. The summed E-state index contributed by atoms with van der Waals surface area (Å²) >= 11 is 0. The van der Waals surface area contributed by atoms with E-state index in [1.165, 1.54) is 12.1 Å². The third-order valence-electron chi connectivity index (χ3n) is 3.82. The molecule has 1 amide bonds. The summed E-state index contributed by atoms with van der Waals surface area (Å²) in [5.74, 6) is -0.656. The van der Waals surface area contributed by atoms with Gasteiger partial charge < -0.3 is 16.2 Å². The summed E-state index contributed by atoms with van der Waals surface area (Å²) in [7, 11) is 0. The summed E-state index contributed by atoms with van der Waals surface area (Å²) in [4.78, 5) is 12.0. The van der Waals surface area contributed by atoms with E-state index in [0.717, 1.165) is 19.3 Å². The van der Waals surface area contributed by atoms with Crippen molar-refractivity contribution in [2.45, 2.75) is 37.8 Å². The molecule has 1 aromatic rings. The minimum atomic E-state index is -1.03. The van der Waals surface area contributed by atoms with Crippen LogP contribution in [0.5, 0.6) is 0 Å². The Kier molecular flexibility index (Phi) is 5.09. The zero-order valence-corrected chi connectivity index (χ0v) is 11.4. The molecular weight excluding hydrogens is 259 g/mol. The first-order valence-corrected chi connectivity index (χ1v) is 7.03. The second-order valence-electron chi connectivity index (χ2n) is 5.41. The molecule has 4 N–H and O–H groups in total. The molecule has 0 saturated heterocycles. The number of benzene rings is 1. The van der Waals surface area contributed by atoms with Crippen molar-refractivity contribution in [3.05, 3.63) is 35.6 Å². The van der Waals surface area contributed by atoms with E-state index in [1.807, 2.05) is 0 Å². The van der Waals surface area contributed by atoms with Crippen LogP contribution in [-0.4, -0.2) is 23.6 Å². The van der Waals surface area contributed by atoms with Gasteiger partial charge in [-0.15, -0.1) is 0 Å². The number of hydrogen-bond donors (Lipinski definition) is 3. The van der Waals surface area contributed by atoms with Crippen molar-refractivity contribution in [3.63, 3.8) is 0 Å². The van der Waals surface area contributed by atoms with Crippen LogP contribution in [0.25, 0.3) is 0 Å². The normalized spacial score (nSPS) is 24.1. The number of carbonyl (C=O) groups excluding carboxylic acids is 1. The van der Waals surface area contributed by atoms with E-state index in [9.17, 15) is 14.3 Å². The highest BCUT2D eigenvalue weighted by Gasteiger charge is 2.25. The smallest absolute Gasteiger partial charge is 0.223 e. The van der Waals surface area contributed by atoms with Gasteiger partial charge in [0.15, 0.2) is 0 Å². The van der Waals surface area contributed by atoms with Crippen LogP contribution in [0.3, 0.4) is 0 Å². The predicted molar refractivity (Wildman–Crippen MR) is 74.3 cm³/mol. The molecular formula is C15H21FN2O2. The van der Waals surface area contributed by atoms with Gasteiger partial charge in [0.2, 0.25) is 5.91 Å². The number of halogens is 1. The first-order chi connectivity index (χ1) is 9.58. The van der Waals surface area contributed by atoms with E-state index >= 15 is 0 Å². The van der Waals surface area contributed by atoms with E-state index in [4.69, 9.17) is 5.73 Å². The van der Waals surface area contributed by atoms with E-state index < -0.39 is 11.9 Å². The Bertz CT molecular complexity index is 467. The van der Waals surface area contributed by atoms with Crippen LogP contribution in [0, 0.1) is 11.7 Å². The third kappa shape index (κ3) is 3.77. The van der Waals surface area contributed by atoms with Gasteiger partial charge in [0.1, 0.15) is 5.82 Å². The lowest BCUT2D eigenvalue weighted by Crippen LogP contribution is -2.39. The highest BCUT2D eigenvalue weighted by atomic mass is 19.1. The van der Waals surface area contributed by atoms with Crippen LogP contribution in [0.15, 0.2) is 24.3 Å². The minimum absolute atomic E-state index is 0.0193. The maximum absolute atomic E-state index is 13.5. The van der Waals surface area contributed by atoms with Gasteiger partial charge in [-0.3, -0.25) is 4.79 Å². The van der Waals surface area contributed by atoms with Crippen molar-refractivity contribution in [1.29, 1.82) is 0 Å². The number of aliphatic hydroxyl groups excluding tert-OH is 1. The van der Waals surface area contributed by atoms with E-state index in [1.54, 1.807) is 12.1 Å². The highest BCUT2D eigenvalue weighted by molar-refractivity contribution is 5.78. The molecule has 0 aromatic heterocycles. The topological polar surface area (TPSA) is 75.4 Å². The van der Waals surface area contributed by atoms with Crippen LogP contribution in [0.1, 0.15) is 37.4 Å². The molecule has 0 heterocycles. The Morgan fingerprint density at radius 1 is 1.45 bits per heavy atom. The molecule has 20 heavy (non-hydrogen) atoms. The number of nitrogens with one attached hydrogen (secondary N) is 1. The molecule has 1 aliphatic rings. The maximum atomic E-state index is 13.5. The fraction of sp³-hybridized carbons (Fsp3) is 0.533. The first kappa shape index (κ1) is 14.9. The van der Waals surface area contributed by atoms with Gasteiger partial charge in [0, 0.05) is 24.1 Å². The standard InChI is InChI=1S/C15H21FN2O2/c16-13-7-2-1-6-12(13)14(19)9-18-15(20)10-4-3-5-11(17)8-10/h1-2,6-7,10-11,14,19H,3-5,8-9,17H2,(H,18,20)/t10-,11-,14-/m1/s1. The second-order valence-corrected chi connectivity index (χ2v) is 5.41. The molecule has 0 radical (unpaired) electrons. The molecule has 110 valence electrons. The zero-order valence-electron chi connectivity index (χ0n) is 11.4. The SMILES string of the molecule is N[C@@H]1CCC[C@@H](C(=O)NC[C@@H](O)c2ccccc2F)C1. The van der Waals surface area contributed by atoms with Crippen molar-refractivity contribution >= 4 is 5.91 Å². The molecule has 0 unspecified atom stereocenters. The molecule has 1 saturated carbocycles. The summed E-state index contributed by atoms with van der Waals surface area (Å²) in [5.41, 5.74) is 6.05. The summed E-state index contributed by atoms with van der Waals surface area (Å²) in [5, 5.41) is 12.6. The van der Waals surface area contributed by atoms with Crippen molar-refractivity contribution in [3.8, 4) is 0 Å². The monoisotopic (exact) mass is 280 g/mol. The lowest BCUT2D eigenvalue weighted by Gasteiger charge is -2.26. The van der Waals surface area contributed by atoms with E-state index in [0.29, 0.717) is 6.42 Å². The molecule has 5 heteroatoms. The Labute approximate surface area is 118 Å². The number of amides is 1. The molecule has 0 aliphatic heterocycles. The second kappa shape index (κ2) is 6.81. The average Bonchev–Trinajstić information content (AvgIpc) is 2.45. The molecule has 0 bridgehead atoms. The Balaban J connectivity index is 1.85. The van der Waals surface area contributed by atoms with Gasteiger partial charge in [0.25, 0.3) is 0 Å². The Morgan fingerprint density at radius 3 is 2.90 bits per heavy atom. The number of nitrogens with two attached hydrogens (primary N) is 1. The van der Waals surface area contributed by atoms with Gasteiger partial charge >= 0.3 is 0 Å². The van der Waals surface area contributed by atoms with Gasteiger partial charge in [-0.05, 0) is 25.3 Å². The lowest BCUT2D eigenvalue weighted by atomic mass is 9.85. The summed E-state index contributed by atoms with van der Waals surface area (Å²) < 4.78 is 13.5. The molecule has 2 rings (SSSR count). The van der Waals surface area contributed by atoms with Crippen LogP contribution in [0.4, 0.5) is 4.39 Å². The van der Waals surface area contributed by atoms with Gasteiger partial charge in [0.05, 0.1) is 6.10 Å². The molecule has 1 fully saturated rings. The number of carbonyl (C=O) groups is 1. The van der Waals surface area contributed by atoms with E-state index in [2.05, 4.69) is 5.32 Å². The maximum Gasteiger partial charge on any atom is 0.223 e. The quantitative estimate of drug-likeness (QED) is 0.782. The minimum Gasteiger partial charge on any atom is -0.386 e. The van der Waals surface area contributed by atoms with Crippen LogP contribution < -0.4 is 11.1 Å². The highest BCUT2D eigenvalue weighted by Crippen LogP contribution is 2.23. The van der Waals surface area contributed by atoms with Crippen molar-refractivity contribution in [2.75, 3.05) is 6.54 Å². The number of hydrogen-bond acceptors (Lipinski definition) is 3. The third-order valence-corrected chi connectivity index (χ3v) is 3.82. The van der Waals surface area contributed by atoms with Crippen LogP contribution in [-0.2, 0) is 4.79 Å². The fourth-order valence-corrected chi connectivity index (χ4v) is 2.66. The largest absolute Gasteiger partial charge is 0.386 e. The Morgan fingerprint density at radius 2 is 2.20 bits per heavy atom. The molecule has 4 nitrogen and oxygen atoms in total. The Hall–Kier alpha value is -1.46. The first-order valence-electron chi connectivity index (χ1n) is 7.03. The van der Waals surface area contributed by atoms with Gasteiger partial charge in [-0.25, -0.2) is 4.39 Å². The summed E-state index contributed by atoms with van der Waals surface area (Å²) in [6, 6.07) is 6.11. The van der Waals surface area contributed by atoms with Crippen LogP contribution in [0.2, 0.25) is 0 Å². The van der Waals surface area contributed by atoms with Crippen LogP contribution >= 0.6 is 0 Å². The molecule has 1 aliphatic carbocycles. The van der Waals surface area contributed by atoms with Crippen molar-refractivity contribution < 1.29 is 14.3 Å². The lowest BCUT2D eigenvalue weighted by molar-refractivity contribution is -0.126. The fourth-order valence-electron chi connectivity index (χ4n) is 2.66. The molecule has 0 spiro atoms. The van der Waals surface area contributed by atoms with E-state index in [-0.39, 0.29) is 30.0 Å². The summed E-state index contributed by atoms with van der Waals surface area (Å²) in [6.07, 6.45) is 2.39. The van der Waals surface area contributed by atoms with Crippen molar-refractivity contribution in [2.24, 2.45) is 11.7 Å². The number of rotatable bonds is 4. The molecule has 1 aromatic carbocycles. The van der Waals surface area contributed by atoms with Crippen molar-refractivity contribution in [1.82, 2.24) is 5.32 Å². The van der Waals surface area contributed by atoms with Gasteiger partial charge in [-0.2, -0.15) is 0 Å². The average molecular weight is 280 g/mol. The summed E-state index contributed by atoms with van der Waals surface area (Å²) in [6.45, 7) is 0.0193. The number of aliphatic hydroxyl groups is 1.